The normalized spacial score (nSPS) is 14.4. The van der Waals surface area contributed by atoms with Crippen molar-refractivity contribution in [1.29, 1.82) is 5.26 Å². The van der Waals surface area contributed by atoms with Crippen LogP contribution in [0.25, 0.3) is 17.0 Å². The second-order valence-corrected chi connectivity index (χ2v) is 9.39. The second-order valence-electron chi connectivity index (χ2n) is 8.66. The highest BCUT2D eigenvalue weighted by molar-refractivity contribution is 7.10. The lowest BCUT2D eigenvalue weighted by Gasteiger charge is -2.25. The van der Waals surface area contributed by atoms with E-state index >= 15 is 0 Å². The summed E-state index contributed by atoms with van der Waals surface area (Å²) in [5.41, 5.74) is 5.30. The van der Waals surface area contributed by atoms with Gasteiger partial charge < -0.3 is 10.2 Å². The van der Waals surface area contributed by atoms with Crippen LogP contribution in [0.4, 0.5) is 15.3 Å². The van der Waals surface area contributed by atoms with Crippen LogP contribution >= 0.6 is 11.5 Å². The van der Waals surface area contributed by atoms with E-state index in [2.05, 4.69) is 40.2 Å². The lowest BCUT2D eigenvalue weighted by atomic mass is 9.89. The fourth-order valence-electron chi connectivity index (χ4n) is 4.75. The molecule has 4 aromatic rings. The molecule has 0 atom stereocenters. The van der Waals surface area contributed by atoms with E-state index in [0.717, 1.165) is 49.5 Å². The Kier molecular flexibility index (Phi) is 6.02. The third-order valence-corrected chi connectivity index (χ3v) is 7.32. The number of halogens is 1. The number of nitrogens with one attached hydrogen (secondary N) is 1. The van der Waals surface area contributed by atoms with Crippen LogP contribution in [0.2, 0.25) is 0 Å². The van der Waals surface area contributed by atoms with Crippen LogP contribution in [-0.4, -0.2) is 38.9 Å². The molecule has 1 N–H and O–H groups in total. The maximum Gasteiger partial charge on any atom is 0.210 e. The maximum absolute atomic E-state index is 13.6. The Labute approximate surface area is 202 Å². The molecule has 1 aliphatic rings. The van der Waals surface area contributed by atoms with Gasteiger partial charge in [-0.15, -0.1) is 0 Å². The first-order valence-corrected chi connectivity index (χ1v) is 12.3. The molecule has 34 heavy (non-hydrogen) atoms. The molecule has 0 saturated carbocycles. The van der Waals surface area contributed by atoms with Gasteiger partial charge in [-0.1, -0.05) is 6.92 Å². The van der Waals surface area contributed by atoms with Gasteiger partial charge in [0, 0.05) is 30.3 Å². The van der Waals surface area contributed by atoms with Gasteiger partial charge >= 0.3 is 0 Å². The zero-order chi connectivity index (χ0) is 23.8. The van der Waals surface area contributed by atoms with E-state index in [4.69, 9.17) is 9.97 Å². The number of imidazole rings is 1. The van der Waals surface area contributed by atoms with E-state index in [1.807, 2.05) is 18.0 Å². The van der Waals surface area contributed by atoms with Gasteiger partial charge in [-0.05, 0) is 80.6 Å². The van der Waals surface area contributed by atoms with Crippen LogP contribution in [0.15, 0.2) is 30.5 Å². The van der Waals surface area contributed by atoms with Crippen molar-refractivity contribution in [1.82, 2.24) is 24.1 Å². The quantitative estimate of drug-likeness (QED) is 0.439. The van der Waals surface area contributed by atoms with Crippen molar-refractivity contribution in [3.8, 4) is 17.5 Å². The van der Waals surface area contributed by atoms with Gasteiger partial charge in [0.05, 0.1) is 17.3 Å². The average molecular weight is 476 g/mol. The van der Waals surface area contributed by atoms with Gasteiger partial charge in [0.1, 0.15) is 17.3 Å². The van der Waals surface area contributed by atoms with Gasteiger partial charge in [0.2, 0.25) is 5.13 Å². The van der Waals surface area contributed by atoms with Crippen LogP contribution in [0, 0.1) is 24.1 Å². The standard InChI is InChI=1S/C25H26FN7S/c1-4-21-24(33-14-20(15(2)11-22(33)29-21)16-7-9-28-10-8-16)32(3)25-30-23(31-34-25)19-6-5-18(26)12-17(19)13-27/h5-6,11-12,14,16,28H,4,7-10H2,1-3H3. The molecule has 0 aliphatic carbocycles. The van der Waals surface area contributed by atoms with Crippen molar-refractivity contribution in [3.63, 3.8) is 0 Å². The summed E-state index contributed by atoms with van der Waals surface area (Å²) >= 11 is 1.25. The van der Waals surface area contributed by atoms with Crippen molar-refractivity contribution in [2.24, 2.45) is 0 Å². The molecule has 0 unspecified atom stereocenters. The number of rotatable bonds is 5. The SMILES string of the molecule is CCc1nc2cc(C)c(C3CCNCC3)cn2c1N(C)c1nc(-c2ccc(F)cc2C#N)ns1. The summed E-state index contributed by atoms with van der Waals surface area (Å²) in [4.78, 5) is 11.6. The number of piperidine rings is 1. The van der Waals surface area contributed by atoms with Crippen molar-refractivity contribution in [3.05, 3.63) is 58.7 Å². The summed E-state index contributed by atoms with van der Waals surface area (Å²) in [6.07, 6.45) is 5.29. The number of benzene rings is 1. The number of nitrogens with zero attached hydrogens (tertiary/aromatic N) is 6. The van der Waals surface area contributed by atoms with Crippen LogP contribution < -0.4 is 10.2 Å². The predicted octanol–water partition coefficient (Wildman–Crippen LogP) is 4.97. The summed E-state index contributed by atoms with van der Waals surface area (Å²) in [6.45, 7) is 6.36. The average Bonchev–Trinajstić information content (AvgIpc) is 3.48. The van der Waals surface area contributed by atoms with E-state index in [-0.39, 0.29) is 5.56 Å². The molecule has 0 amide bonds. The number of hydrogen-bond acceptors (Lipinski definition) is 7. The van der Waals surface area contributed by atoms with E-state index in [0.29, 0.717) is 22.4 Å². The summed E-state index contributed by atoms with van der Waals surface area (Å²) < 4.78 is 20.2. The molecule has 3 aromatic heterocycles. The molecule has 7 nitrogen and oxygen atoms in total. The Bertz CT molecular complexity index is 1390. The Hall–Kier alpha value is -3.35. The Morgan fingerprint density at radius 2 is 2.06 bits per heavy atom. The van der Waals surface area contributed by atoms with Crippen LogP contribution in [0.1, 0.15) is 48.1 Å². The molecule has 1 aliphatic heterocycles. The zero-order valence-electron chi connectivity index (χ0n) is 19.5. The fraction of sp³-hybridized carbons (Fsp3) is 0.360. The number of hydrogen-bond donors (Lipinski definition) is 1. The molecule has 0 spiro atoms. The number of aromatic nitrogens is 4. The van der Waals surface area contributed by atoms with Gasteiger partial charge in [-0.2, -0.15) is 14.6 Å². The first kappa shape index (κ1) is 22.4. The monoisotopic (exact) mass is 475 g/mol. The van der Waals surface area contributed by atoms with Crippen molar-refractivity contribution in [2.45, 2.75) is 39.0 Å². The third kappa shape index (κ3) is 3.93. The minimum atomic E-state index is -0.453. The molecule has 1 aromatic carbocycles. The smallest absolute Gasteiger partial charge is 0.210 e. The summed E-state index contributed by atoms with van der Waals surface area (Å²) in [5, 5.41) is 13.6. The predicted molar refractivity (Wildman–Crippen MR) is 132 cm³/mol. The first-order chi connectivity index (χ1) is 16.5. The Morgan fingerprint density at radius 1 is 1.26 bits per heavy atom. The molecule has 0 radical (unpaired) electrons. The Balaban J connectivity index is 1.57. The minimum Gasteiger partial charge on any atom is -0.317 e. The highest BCUT2D eigenvalue weighted by Crippen LogP contribution is 2.35. The summed E-state index contributed by atoms with van der Waals surface area (Å²) in [6, 6.07) is 8.31. The number of fused-ring (bicyclic) bond motifs is 1. The van der Waals surface area contributed by atoms with E-state index in [1.54, 1.807) is 6.07 Å². The zero-order valence-corrected chi connectivity index (χ0v) is 20.3. The highest BCUT2D eigenvalue weighted by atomic mass is 32.1. The molecular formula is C25H26FN7S. The molecular weight excluding hydrogens is 449 g/mol. The van der Waals surface area contributed by atoms with E-state index in [9.17, 15) is 9.65 Å². The van der Waals surface area contributed by atoms with Gasteiger partial charge in [0.25, 0.3) is 0 Å². The third-order valence-electron chi connectivity index (χ3n) is 6.53. The van der Waals surface area contributed by atoms with Crippen molar-refractivity contribution in [2.75, 3.05) is 25.0 Å². The molecule has 9 heteroatoms. The minimum absolute atomic E-state index is 0.221. The second kappa shape index (κ2) is 9.12. The summed E-state index contributed by atoms with van der Waals surface area (Å²) in [7, 11) is 1.97. The van der Waals surface area contributed by atoms with Crippen LogP contribution in [0.3, 0.4) is 0 Å². The molecule has 1 saturated heterocycles. The molecule has 174 valence electrons. The van der Waals surface area contributed by atoms with E-state index < -0.39 is 5.82 Å². The lowest BCUT2D eigenvalue weighted by Crippen LogP contribution is -2.27. The molecule has 1 fully saturated rings. The number of nitriles is 1. The number of aryl methyl sites for hydroxylation is 2. The van der Waals surface area contributed by atoms with Crippen LogP contribution in [0.5, 0.6) is 0 Å². The first-order valence-electron chi connectivity index (χ1n) is 11.5. The number of pyridine rings is 1. The fourth-order valence-corrected chi connectivity index (χ4v) is 5.39. The van der Waals surface area contributed by atoms with Crippen LogP contribution in [-0.2, 0) is 6.42 Å². The van der Waals surface area contributed by atoms with Crippen molar-refractivity contribution >= 4 is 28.1 Å². The lowest BCUT2D eigenvalue weighted by molar-refractivity contribution is 0.458. The topological polar surface area (TPSA) is 82.1 Å². The summed E-state index contributed by atoms with van der Waals surface area (Å²) in [5.74, 6) is 1.47. The maximum atomic E-state index is 13.6. The largest absolute Gasteiger partial charge is 0.317 e. The number of anilines is 2. The molecule has 5 rings (SSSR count). The molecule has 4 heterocycles. The van der Waals surface area contributed by atoms with Gasteiger partial charge in [-0.25, -0.2) is 9.37 Å². The highest BCUT2D eigenvalue weighted by Gasteiger charge is 2.23. The van der Waals surface area contributed by atoms with Crippen molar-refractivity contribution < 1.29 is 4.39 Å². The molecule has 0 bridgehead atoms. The Morgan fingerprint density at radius 3 is 2.79 bits per heavy atom. The van der Waals surface area contributed by atoms with E-state index in [1.165, 1.54) is 34.8 Å². The van der Waals surface area contributed by atoms with Gasteiger partial charge in [-0.3, -0.25) is 4.40 Å². The van der Waals surface area contributed by atoms with Gasteiger partial charge in [0.15, 0.2) is 5.82 Å².